The van der Waals surface area contributed by atoms with Gasteiger partial charge in [-0.15, -0.1) is 0 Å². The van der Waals surface area contributed by atoms with Crippen molar-refractivity contribution in [2.45, 2.75) is 0 Å². The Bertz CT molecular complexity index is 1330. The molecule has 11 nitrogen and oxygen atoms in total. The second kappa shape index (κ2) is 12.0. The van der Waals surface area contributed by atoms with Crippen LogP contribution in [0.1, 0.15) is 21.0 Å². The van der Waals surface area contributed by atoms with Crippen LogP contribution in [0.2, 0.25) is 0 Å². The van der Waals surface area contributed by atoms with E-state index in [1.807, 2.05) is 0 Å². The van der Waals surface area contributed by atoms with Crippen molar-refractivity contribution in [2.24, 2.45) is 0 Å². The van der Waals surface area contributed by atoms with Crippen LogP contribution in [0, 0.1) is 0 Å². The summed E-state index contributed by atoms with van der Waals surface area (Å²) in [5.74, 6) is 1.34. The van der Waals surface area contributed by atoms with E-state index in [1.165, 1.54) is 38.6 Å². The number of anilines is 2. The molecule has 4 N–H and O–H groups in total. The molecule has 0 saturated heterocycles. The Morgan fingerprint density at radius 2 is 0.974 bits per heavy atom. The van der Waals surface area contributed by atoms with Gasteiger partial charge in [0.2, 0.25) is 0 Å². The summed E-state index contributed by atoms with van der Waals surface area (Å²) in [5, 5.41) is 10.5. The van der Waals surface area contributed by atoms with E-state index in [1.54, 1.807) is 60.7 Å². The number of pyridine rings is 2. The van der Waals surface area contributed by atoms with Gasteiger partial charge in [0.05, 0.1) is 0 Å². The second-order valence-electron chi connectivity index (χ2n) is 7.74. The van der Waals surface area contributed by atoms with E-state index in [-0.39, 0.29) is 23.2 Å². The smallest absolute Gasteiger partial charge is 0.323 e. The maximum Gasteiger partial charge on any atom is 0.323 e. The topological polar surface area (TPSA) is 144 Å². The highest BCUT2D eigenvalue weighted by Crippen LogP contribution is 2.25. The summed E-state index contributed by atoms with van der Waals surface area (Å²) >= 11 is 0. The van der Waals surface area contributed by atoms with Crippen LogP contribution in [0.4, 0.5) is 16.2 Å². The lowest BCUT2D eigenvalue weighted by Gasteiger charge is -2.11. The minimum atomic E-state index is -0.430. The van der Waals surface area contributed by atoms with E-state index in [0.29, 0.717) is 34.4 Å². The standard InChI is InChI=1S/C27H24N6O5/c1-28-25(34)23-15-21(11-13-30-23)37-19-7-3-17(4-8-19)32-27(36)33-18-5-9-20(10-6-18)38-22-12-14-31-24(16-22)26(35)29-2/h3-16H,1-2H3,(H,28,34)(H,29,35)(H2,32,33,36). The molecule has 0 aliphatic rings. The van der Waals surface area contributed by atoms with E-state index in [4.69, 9.17) is 9.47 Å². The molecule has 192 valence electrons. The van der Waals surface area contributed by atoms with Crippen molar-refractivity contribution < 1.29 is 23.9 Å². The van der Waals surface area contributed by atoms with E-state index in [9.17, 15) is 14.4 Å². The number of hydrogen-bond acceptors (Lipinski definition) is 7. The maximum absolute atomic E-state index is 12.4. The van der Waals surface area contributed by atoms with Crippen molar-refractivity contribution in [1.82, 2.24) is 20.6 Å². The Balaban J connectivity index is 1.30. The van der Waals surface area contributed by atoms with Crippen molar-refractivity contribution >= 4 is 29.2 Å². The number of carbonyl (C=O) groups is 3. The highest BCUT2D eigenvalue weighted by Gasteiger charge is 2.09. The summed E-state index contributed by atoms with van der Waals surface area (Å²) in [6.07, 6.45) is 2.97. The van der Waals surface area contributed by atoms with Crippen LogP contribution in [0.5, 0.6) is 23.0 Å². The van der Waals surface area contributed by atoms with Crippen LogP contribution in [0.3, 0.4) is 0 Å². The first-order valence-corrected chi connectivity index (χ1v) is 11.4. The van der Waals surface area contributed by atoms with Crippen LogP contribution in [0.15, 0.2) is 85.2 Å². The van der Waals surface area contributed by atoms with Gasteiger partial charge in [-0.1, -0.05) is 0 Å². The Morgan fingerprint density at radius 1 is 0.579 bits per heavy atom. The molecule has 0 saturated carbocycles. The number of nitrogens with zero attached hydrogens (tertiary/aromatic N) is 2. The molecule has 0 spiro atoms. The minimum Gasteiger partial charge on any atom is -0.457 e. The lowest BCUT2D eigenvalue weighted by atomic mass is 10.3. The molecule has 4 amide bonds. The molecule has 0 bridgehead atoms. The number of amides is 4. The predicted molar refractivity (Wildman–Crippen MR) is 141 cm³/mol. The third-order valence-corrected chi connectivity index (χ3v) is 5.08. The molecule has 11 heteroatoms. The number of hydrogen-bond donors (Lipinski definition) is 4. The summed E-state index contributed by atoms with van der Waals surface area (Å²) in [6.45, 7) is 0. The fourth-order valence-corrected chi connectivity index (χ4v) is 3.23. The summed E-state index contributed by atoms with van der Waals surface area (Å²) in [5.41, 5.74) is 1.60. The normalized spacial score (nSPS) is 10.2. The van der Waals surface area contributed by atoms with Crippen molar-refractivity contribution in [3.63, 3.8) is 0 Å². The molecule has 2 heterocycles. The number of nitrogens with one attached hydrogen (secondary N) is 4. The second-order valence-corrected chi connectivity index (χ2v) is 7.74. The van der Waals surface area contributed by atoms with Crippen molar-refractivity contribution in [1.29, 1.82) is 0 Å². The van der Waals surface area contributed by atoms with Crippen LogP contribution >= 0.6 is 0 Å². The first kappa shape index (κ1) is 25.6. The molecule has 0 fully saturated rings. The zero-order chi connectivity index (χ0) is 26.9. The first-order valence-electron chi connectivity index (χ1n) is 11.4. The van der Waals surface area contributed by atoms with Crippen LogP contribution < -0.4 is 30.7 Å². The van der Waals surface area contributed by atoms with Gasteiger partial charge in [0.25, 0.3) is 11.8 Å². The Morgan fingerprint density at radius 3 is 1.34 bits per heavy atom. The van der Waals surface area contributed by atoms with E-state index in [0.717, 1.165) is 0 Å². The summed E-state index contributed by atoms with van der Waals surface area (Å²) in [7, 11) is 3.05. The fourth-order valence-electron chi connectivity index (χ4n) is 3.23. The molecule has 0 unspecified atom stereocenters. The lowest BCUT2D eigenvalue weighted by molar-refractivity contribution is 0.0950. The van der Waals surface area contributed by atoms with Crippen molar-refractivity contribution in [3.8, 4) is 23.0 Å². The molecule has 2 aromatic carbocycles. The quantitative estimate of drug-likeness (QED) is 0.273. The van der Waals surface area contributed by atoms with Gasteiger partial charge in [0.1, 0.15) is 34.4 Å². The highest BCUT2D eigenvalue weighted by molar-refractivity contribution is 5.99. The Hall–Kier alpha value is -5.45. The Labute approximate surface area is 218 Å². The summed E-state index contributed by atoms with van der Waals surface area (Å²) < 4.78 is 11.5. The van der Waals surface area contributed by atoms with Gasteiger partial charge in [-0.3, -0.25) is 19.6 Å². The molecular weight excluding hydrogens is 488 g/mol. The van der Waals surface area contributed by atoms with Crippen LogP contribution in [-0.2, 0) is 0 Å². The average molecular weight is 513 g/mol. The first-order chi connectivity index (χ1) is 18.4. The molecule has 0 aliphatic heterocycles. The number of carbonyl (C=O) groups excluding carboxylic acids is 3. The van der Waals surface area contributed by atoms with Gasteiger partial charge in [-0.25, -0.2) is 4.79 Å². The number of benzene rings is 2. The van der Waals surface area contributed by atoms with Gasteiger partial charge in [-0.05, 0) is 60.7 Å². The largest absolute Gasteiger partial charge is 0.457 e. The monoisotopic (exact) mass is 512 g/mol. The molecule has 4 aromatic rings. The summed E-state index contributed by atoms with van der Waals surface area (Å²) in [6, 6.07) is 19.4. The number of aromatic nitrogens is 2. The van der Waals surface area contributed by atoms with Gasteiger partial charge in [-0.2, -0.15) is 0 Å². The van der Waals surface area contributed by atoms with Crippen LogP contribution in [-0.4, -0.2) is 41.9 Å². The fraction of sp³-hybridized carbons (Fsp3) is 0.0741. The lowest BCUT2D eigenvalue weighted by Crippen LogP contribution is -2.19. The van der Waals surface area contributed by atoms with Gasteiger partial charge in [0, 0.05) is 50.0 Å². The predicted octanol–water partition coefficient (Wildman–Crippen LogP) is 4.42. The maximum atomic E-state index is 12.4. The number of urea groups is 1. The molecule has 0 radical (unpaired) electrons. The van der Waals surface area contributed by atoms with Crippen LogP contribution in [0.25, 0.3) is 0 Å². The summed E-state index contributed by atoms with van der Waals surface area (Å²) in [4.78, 5) is 43.9. The van der Waals surface area contributed by atoms with E-state index >= 15 is 0 Å². The van der Waals surface area contributed by atoms with E-state index in [2.05, 4.69) is 31.2 Å². The van der Waals surface area contributed by atoms with Crippen molar-refractivity contribution in [2.75, 3.05) is 24.7 Å². The molecule has 38 heavy (non-hydrogen) atoms. The minimum absolute atomic E-state index is 0.243. The third-order valence-electron chi connectivity index (χ3n) is 5.08. The zero-order valence-corrected chi connectivity index (χ0v) is 20.5. The molecule has 0 atom stereocenters. The third kappa shape index (κ3) is 6.82. The average Bonchev–Trinajstić information content (AvgIpc) is 2.94. The van der Waals surface area contributed by atoms with Gasteiger partial charge >= 0.3 is 6.03 Å². The highest BCUT2D eigenvalue weighted by atomic mass is 16.5. The SMILES string of the molecule is CNC(=O)c1cc(Oc2ccc(NC(=O)Nc3ccc(Oc4ccnc(C(=O)NC)c4)cc3)cc2)ccn1. The zero-order valence-electron chi connectivity index (χ0n) is 20.5. The molecule has 2 aromatic heterocycles. The molecule has 0 aliphatic carbocycles. The van der Waals surface area contributed by atoms with Gasteiger partial charge in [0.15, 0.2) is 0 Å². The van der Waals surface area contributed by atoms with Crippen molar-refractivity contribution in [3.05, 3.63) is 96.6 Å². The number of rotatable bonds is 8. The molecular formula is C27H24N6O5. The number of ether oxygens (including phenoxy) is 2. The van der Waals surface area contributed by atoms with E-state index < -0.39 is 6.03 Å². The molecule has 4 rings (SSSR count). The Kier molecular flexibility index (Phi) is 8.09. The van der Waals surface area contributed by atoms with Gasteiger partial charge < -0.3 is 30.7 Å².